The molecule has 1 saturated carbocycles. The number of halogens is 1. The molecule has 1 fully saturated rings. The molecule has 1 heterocycles. The number of aromatic nitrogens is 2. The zero-order valence-electron chi connectivity index (χ0n) is 13.3. The first-order valence-corrected chi connectivity index (χ1v) is 7.84. The highest BCUT2D eigenvalue weighted by atomic mass is 35.5. The van der Waals surface area contributed by atoms with E-state index in [1.807, 2.05) is 14.0 Å². The zero-order valence-corrected chi connectivity index (χ0v) is 14.1. The molecule has 6 heteroatoms. The summed E-state index contributed by atoms with van der Waals surface area (Å²) in [6, 6.07) is 0.346. The third-order valence-electron chi connectivity index (χ3n) is 4.01. The normalized spacial score (nSPS) is 19.6. The lowest BCUT2D eigenvalue weighted by Crippen LogP contribution is -2.24. The van der Waals surface area contributed by atoms with E-state index in [2.05, 4.69) is 22.4 Å². The van der Waals surface area contributed by atoms with Gasteiger partial charge in [0.25, 0.3) is 5.89 Å². The summed E-state index contributed by atoms with van der Waals surface area (Å²) in [6.45, 7) is 4.10. The summed E-state index contributed by atoms with van der Waals surface area (Å²) in [5.41, 5.74) is 0. The lowest BCUT2D eigenvalue weighted by molar-refractivity contribution is -0.0259. The maximum Gasteiger partial charge on any atom is 0.255 e. The monoisotopic (exact) mass is 317 g/mol. The van der Waals surface area contributed by atoms with Crippen LogP contribution in [0.2, 0.25) is 0 Å². The van der Waals surface area contributed by atoms with Crippen molar-refractivity contribution in [2.45, 2.75) is 77.0 Å². The van der Waals surface area contributed by atoms with Crippen molar-refractivity contribution in [3.05, 3.63) is 11.7 Å². The maximum atomic E-state index is 6.09. The van der Waals surface area contributed by atoms with Gasteiger partial charge in [0.05, 0.1) is 6.10 Å². The van der Waals surface area contributed by atoms with Gasteiger partial charge in [0.2, 0.25) is 0 Å². The number of nitrogens with one attached hydrogen (secondary N) is 1. The molecule has 5 nitrogen and oxygen atoms in total. The Bertz CT molecular complexity index is 392. The fourth-order valence-corrected chi connectivity index (χ4v) is 2.62. The Labute approximate surface area is 133 Å². The van der Waals surface area contributed by atoms with Gasteiger partial charge in [-0.05, 0) is 33.7 Å². The Balaban J connectivity index is 0.00000220. The van der Waals surface area contributed by atoms with E-state index in [9.17, 15) is 0 Å². The Morgan fingerprint density at radius 2 is 1.90 bits per heavy atom. The fourth-order valence-electron chi connectivity index (χ4n) is 2.62. The Morgan fingerprint density at radius 3 is 2.52 bits per heavy atom. The van der Waals surface area contributed by atoms with Crippen molar-refractivity contribution in [1.29, 1.82) is 0 Å². The molecular weight excluding hydrogens is 290 g/mol. The molecule has 2 atom stereocenters. The van der Waals surface area contributed by atoms with Gasteiger partial charge < -0.3 is 14.6 Å². The molecule has 122 valence electrons. The molecule has 1 aromatic heterocycles. The van der Waals surface area contributed by atoms with Crippen LogP contribution in [0.1, 0.15) is 70.2 Å². The van der Waals surface area contributed by atoms with E-state index < -0.39 is 0 Å². The molecule has 0 spiro atoms. The van der Waals surface area contributed by atoms with E-state index in [0.29, 0.717) is 18.0 Å². The topological polar surface area (TPSA) is 60.2 Å². The number of likely N-dealkylation sites (N-methyl/N-ethyl adjacent to an activating group) is 1. The van der Waals surface area contributed by atoms with Gasteiger partial charge in [0.1, 0.15) is 6.10 Å². The highest BCUT2D eigenvalue weighted by Crippen LogP contribution is 2.25. The molecule has 2 rings (SSSR count). The van der Waals surface area contributed by atoms with Crippen molar-refractivity contribution < 1.29 is 9.26 Å². The van der Waals surface area contributed by atoms with Crippen molar-refractivity contribution in [2.75, 3.05) is 7.05 Å². The minimum atomic E-state index is -0.107. The summed E-state index contributed by atoms with van der Waals surface area (Å²) < 4.78 is 11.4. The second-order valence-electron chi connectivity index (χ2n) is 5.83. The first kappa shape index (κ1) is 18.4. The molecule has 0 aromatic carbocycles. The average molecular weight is 318 g/mol. The molecule has 0 aliphatic heterocycles. The first-order valence-electron chi connectivity index (χ1n) is 7.84. The Kier molecular flexibility index (Phi) is 8.22. The molecule has 0 radical (unpaired) electrons. The van der Waals surface area contributed by atoms with Crippen LogP contribution in [0.3, 0.4) is 0 Å². The van der Waals surface area contributed by atoms with Gasteiger partial charge in [0.15, 0.2) is 5.82 Å². The largest absolute Gasteiger partial charge is 0.365 e. The summed E-state index contributed by atoms with van der Waals surface area (Å²) >= 11 is 0. The van der Waals surface area contributed by atoms with E-state index in [1.54, 1.807) is 0 Å². The summed E-state index contributed by atoms with van der Waals surface area (Å²) in [5.74, 6) is 1.35. The number of hydrogen-bond acceptors (Lipinski definition) is 5. The van der Waals surface area contributed by atoms with Crippen molar-refractivity contribution in [2.24, 2.45) is 0 Å². The number of nitrogens with zero attached hydrogens (tertiary/aromatic N) is 2. The molecule has 0 amide bonds. The molecule has 2 unspecified atom stereocenters. The minimum absolute atomic E-state index is 0. The van der Waals surface area contributed by atoms with Gasteiger partial charge in [-0.2, -0.15) is 4.98 Å². The van der Waals surface area contributed by atoms with E-state index in [-0.39, 0.29) is 18.5 Å². The van der Waals surface area contributed by atoms with Crippen LogP contribution >= 0.6 is 12.4 Å². The zero-order chi connectivity index (χ0) is 14.4. The van der Waals surface area contributed by atoms with Crippen molar-refractivity contribution >= 4 is 12.4 Å². The van der Waals surface area contributed by atoms with Crippen LogP contribution in [0, 0.1) is 0 Å². The van der Waals surface area contributed by atoms with Crippen molar-refractivity contribution in [3.63, 3.8) is 0 Å². The van der Waals surface area contributed by atoms with Gasteiger partial charge >= 0.3 is 0 Å². The molecule has 1 N–H and O–H groups in total. The quantitative estimate of drug-likeness (QED) is 0.814. The average Bonchev–Trinajstić information content (AvgIpc) is 2.75. The number of ether oxygens (including phenoxy) is 1. The van der Waals surface area contributed by atoms with Crippen LogP contribution in [0.25, 0.3) is 0 Å². The van der Waals surface area contributed by atoms with E-state index >= 15 is 0 Å². The van der Waals surface area contributed by atoms with Gasteiger partial charge in [0, 0.05) is 12.5 Å². The summed E-state index contributed by atoms with van der Waals surface area (Å²) in [5, 5.41) is 7.20. The lowest BCUT2D eigenvalue weighted by Gasteiger charge is -2.18. The molecule has 1 aromatic rings. The molecular formula is C15H28ClN3O2. The predicted octanol–water partition coefficient (Wildman–Crippen LogP) is 3.44. The van der Waals surface area contributed by atoms with Crippen LogP contribution < -0.4 is 5.32 Å². The predicted molar refractivity (Wildman–Crippen MR) is 84.8 cm³/mol. The second kappa shape index (κ2) is 9.38. The minimum Gasteiger partial charge on any atom is -0.365 e. The molecule has 21 heavy (non-hydrogen) atoms. The standard InChI is InChI=1S/C15H27N3O2.ClH/c1-11(16-3)10-14-17-15(20-18-14)12(2)19-13-8-6-4-5-7-9-13;/h11-13,16H,4-10H2,1-3H3;1H. The lowest BCUT2D eigenvalue weighted by atomic mass is 10.1. The SMILES string of the molecule is CNC(C)Cc1noc(C(C)OC2CCCCCC2)n1.Cl. The van der Waals surface area contributed by atoms with Crippen molar-refractivity contribution in [3.8, 4) is 0 Å². The van der Waals surface area contributed by atoms with E-state index in [4.69, 9.17) is 9.26 Å². The van der Waals surface area contributed by atoms with Crippen LogP contribution in [0.4, 0.5) is 0 Å². The molecule has 1 aliphatic rings. The van der Waals surface area contributed by atoms with Gasteiger partial charge in [-0.1, -0.05) is 30.8 Å². The molecule has 1 aliphatic carbocycles. The Morgan fingerprint density at radius 1 is 1.24 bits per heavy atom. The van der Waals surface area contributed by atoms with E-state index in [0.717, 1.165) is 25.1 Å². The van der Waals surface area contributed by atoms with Gasteiger partial charge in [-0.25, -0.2) is 0 Å². The summed E-state index contributed by atoms with van der Waals surface area (Å²) in [6.07, 6.45) is 8.53. The highest BCUT2D eigenvalue weighted by Gasteiger charge is 2.21. The fraction of sp³-hybridized carbons (Fsp3) is 0.867. The summed E-state index contributed by atoms with van der Waals surface area (Å²) in [7, 11) is 1.93. The van der Waals surface area contributed by atoms with Crippen LogP contribution in [0.5, 0.6) is 0 Å². The third-order valence-corrected chi connectivity index (χ3v) is 4.01. The smallest absolute Gasteiger partial charge is 0.255 e. The van der Waals surface area contributed by atoms with Crippen molar-refractivity contribution in [1.82, 2.24) is 15.5 Å². The Hall–Kier alpha value is -0.650. The maximum absolute atomic E-state index is 6.09. The van der Waals surface area contributed by atoms with Crippen LogP contribution in [-0.4, -0.2) is 29.3 Å². The molecule has 0 bridgehead atoms. The van der Waals surface area contributed by atoms with Crippen LogP contribution in [-0.2, 0) is 11.2 Å². The first-order chi connectivity index (χ1) is 9.69. The number of rotatable bonds is 6. The van der Waals surface area contributed by atoms with Gasteiger partial charge in [-0.3, -0.25) is 0 Å². The second-order valence-corrected chi connectivity index (χ2v) is 5.83. The number of hydrogen-bond donors (Lipinski definition) is 1. The third kappa shape index (κ3) is 5.93. The summed E-state index contributed by atoms with van der Waals surface area (Å²) in [4.78, 5) is 4.44. The van der Waals surface area contributed by atoms with Gasteiger partial charge in [-0.15, -0.1) is 12.4 Å². The van der Waals surface area contributed by atoms with Crippen LogP contribution in [0.15, 0.2) is 4.52 Å². The van der Waals surface area contributed by atoms with E-state index in [1.165, 1.54) is 25.7 Å². The highest BCUT2D eigenvalue weighted by molar-refractivity contribution is 5.85. The molecule has 0 saturated heterocycles.